The molecular formula is C21H26N2O4. The number of aliphatic hydroxyl groups is 1. The van der Waals surface area contributed by atoms with Crippen LogP contribution in [-0.4, -0.2) is 61.5 Å². The lowest BCUT2D eigenvalue weighted by Gasteiger charge is -2.56. The molecule has 1 amide bonds. The first-order chi connectivity index (χ1) is 13.0. The maximum atomic E-state index is 14.0. The third-order valence-electron chi connectivity index (χ3n) is 8.62. The van der Waals surface area contributed by atoms with Crippen LogP contribution in [0.2, 0.25) is 0 Å². The highest BCUT2D eigenvalue weighted by atomic mass is 16.7. The number of hydroxylamine groups is 1. The second-order valence-corrected chi connectivity index (χ2v) is 9.17. The molecule has 2 saturated carbocycles. The lowest BCUT2D eigenvalue weighted by molar-refractivity contribution is -0.182. The number of aliphatic hydroxyl groups excluding tert-OH is 1. The predicted octanol–water partition coefficient (Wildman–Crippen LogP) is 1.18. The summed E-state index contributed by atoms with van der Waals surface area (Å²) >= 11 is 0. The number of carbonyl (C=O) groups excluding carboxylic acids is 1. The fourth-order valence-electron chi connectivity index (χ4n) is 8.00. The quantitative estimate of drug-likeness (QED) is 0.847. The summed E-state index contributed by atoms with van der Waals surface area (Å²) in [6, 6.07) is 8.23. The molecule has 2 aliphatic carbocycles. The van der Waals surface area contributed by atoms with E-state index in [1.807, 2.05) is 25.1 Å². The Bertz CT molecular complexity index is 843. The predicted molar refractivity (Wildman–Crippen MR) is 98.0 cm³/mol. The molecule has 1 aromatic carbocycles. The number of nitrogens with zero attached hydrogens (tertiary/aromatic N) is 2. The van der Waals surface area contributed by atoms with Crippen molar-refractivity contribution in [3.8, 4) is 0 Å². The van der Waals surface area contributed by atoms with Crippen molar-refractivity contribution < 1.29 is 19.5 Å². The molecule has 8 atom stereocenters. The van der Waals surface area contributed by atoms with Gasteiger partial charge in [-0.1, -0.05) is 18.2 Å². The Morgan fingerprint density at radius 2 is 2.15 bits per heavy atom. The third kappa shape index (κ3) is 1.49. The highest BCUT2D eigenvalue weighted by Crippen LogP contribution is 2.74. The Kier molecular flexibility index (Phi) is 3.00. The number of rotatable bonds is 2. The summed E-state index contributed by atoms with van der Waals surface area (Å²) < 4.78 is 6.37. The molecule has 144 valence electrons. The van der Waals surface area contributed by atoms with Gasteiger partial charge in [0.1, 0.15) is 5.41 Å². The second kappa shape index (κ2) is 4.92. The molecule has 0 unspecified atom stereocenters. The van der Waals surface area contributed by atoms with E-state index in [9.17, 15) is 9.90 Å². The lowest BCUT2D eigenvalue weighted by atomic mass is 9.50. The SMILES string of the molecule is CON1C(=O)[C@]2(c3ccccc31)[C@H]1[C@H]3[C@H]4CO[C@@H]2C[C@H]4[C@]1([C@@H](C)O)CN3C. The number of hydrogen-bond acceptors (Lipinski definition) is 5. The molecule has 5 bridgehead atoms. The summed E-state index contributed by atoms with van der Waals surface area (Å²) in [5.41, 5.74) is 0.792. The van der Waals surface area contributed by atoms with E-state index < -0.39 is 11.5 Å². The minimum Gasteiger partial charge on any atom is -0.393 e. The smallest absolute Gasteiger partial charge is 0.264 e. The van der Waals surface area contributed by atoms with Gasteiger partial charge in [-0.15, -0.1) is 0 Å². The topological polar surface area (TPSA) is 62.2 Å². The fourth-order valence-corrected chi connectivity index (χ4v) is 8.00. The maximum absolute atomic E-state index is 14.0. The number of amides is 1. The number of hydrogen-bond donors (Lipinski definition) is 1. The number of para-hydroxylation sites is 1. The summed E-state index contributed by atoms with van der Waals surface area (Å²) in [7, 11) is 3.70. The van der Waals surface area contributed by atoms with Gasteiger partial charge in [0.2, 0.25) is 0 Å². The highest BCUT2D eigenvalue weighted by Gasteiger charge is 2.82. The second-order valence-electron chi connectivity index (χ2n) is 9.17. The van der Waals surface area contributed by atoms with Crippen LogP contribution >= 0.6 is 0 Å². The van der Waals surface area contributed by atoms with E-state index in [0.717, 1.165) is 24.2 Å². The summed E-state index contributed by atoms with van der Waals surface area (Å²) in [5.74, 6) is 0.827. The Hall–Kier alpha value is -1.47. The zero-order valence-electron chi connectivity index (χ0n) is 16.0. The molecule has 2 saturated heterocycles. The Morgan fingerprint density at radius 1 is 1.37 bits per heavy atom. The fraction of sp³-hybridized carbons (Fsp3) is 0.667. The minimum atomic E-state index is -0.777. The van der Waals surface area contributed by atoms with Gasteiger partial charge in [0.05, 0.1) is 31.6 Å². The van der Waals surface area contributed by atoms with Crippen LogP contribution in [0.4, 0.5) is 5.69 Å². The minimum absolute atomic E-state index is 0.0208. The van der Waals surface area contributed by atoms with Crippen molar-refractivity contribution in [2.75, 3.05) is 32.4 Å². The molecule has 5 aliphatic rings. The summed E-state index contributed by atoms with van der Waals surface area (Å²) in [4.78, 5) is 21.9. The van der Waals surface area contributed by atoms with E-state index in [-0.39, 0.29) is 29.4 Å². The molecule has 1 spiro atoms. The third-order valence-corrected chi connectivity index (χ3v) is 8.62. The van der Waals surface area contributed by atoms with Crippen LogP contribution in [-0.2, 0) is 19.8 Å². The molecule has 1 aromatic rings. The van der Waals surface area contributed by atoms with E-state index in [1.165, 1.54) is 5.06 Å². The number of benzene rings is 1. The first kappa shape index (κ1) is 16.5. The van der Waals surface area contributed by atoms with Crippen molar-refractivity contribution in [2.45, 2.75) is 37.0 Å². The van der Waals surface area contributed by atoms with Crippen LogP contribution < -0.4 is 5.06 Å². The Labute approximate surface area is 159 Å². The molecule has 6 rings (SSSR count). The monoisotopic (exact) mass is 370 g/mol. The van der Waals surface area contributed by atoms with Crippen LogP contribution in [0.25, 0.3) is 0 Å². The van der Waals surface area contributed by atoms with Crippen molar-refractivity contribution in [1.29, 1.82) is 0 Å². The van der Waals surface area contributed by atoms with Crippen molar-refractivity contribution >= 4 is 11.6 Å². The number of carbonyl (C=O) groups is 1. The van der Waals surface area contributed by atoms with E-state index >= 15 is 0 Å². The van der Waals surface area contributed by atoms with E-state index in [2.05, 4.69) is 18.0 Å². The van der Waals surface area contributed by atoms with Crippen LogP contribution in [0.15, 0.2) is 24.3 Å². The highest BCUT2D eigenvalue weighted by molar-refractivity contribution is 6.08. The molecule has 0 radical (unpaired) electrons. The summed E-state index contributed by atoms with van der Waals surface area (Å²) in [6.07, 6.45) is 0.229. The average molecular weight is 370 g/mol. The standard InChI is InChI=1S/C21H26N2O4/c1-11(24)20-10-22(2)17-12-9-27-16(8-14(12)20)21(18(17)20)13-6-4-5-7-15(13)23(26-3)19(21)25/h4-7,11-12,14,16-18,24H,8-10H2,1-3H3/t11-,12+,14-,16-,17-,18+,20-,21+/m1/s1. The molecule has 3 aliphatic heterocycles. The van der Waals surface area contributed by atoms with Gasteiger partial charge < -0.3 is 14.7 Å². The average Bonchev–Trinajstić information content (AvgIpc) is 3.14. The van der Waals surface area contributed by atoms with Gasteiger partial charge in [0.15, 0.2) is 0 Å². The van der Waals surface area contributed by atoms with Gasteiger partial charge >= 0.3 is 0 Å². The maximum Gasteiger partial charge on any atom is 0.264 e. The zero-order valence-corrected chi connectivity index (χ0v) is 16.0. The van der Waals surface area contributed by atoms with Gasteiger partial charge in [0.25, 0.3) is 5.91 Å². The first-order valence-electron chi connectivity index (χ1n) is 9.97. The van der Waals surface area contributed by atoms with Crippen molar-refractivity contribution in [3.05, 3.63) is 29.8 Å². The van der Waals surface area contributed by atoms with Crippen LogP contribution in [0, 0.1) is 23.2 Å². The van der Waals surface area contributed by atoms with Crippen molar-refractivity contribution in [1.82, 2.24) is 4.90 Å². The number of piperidine rings is 1. The van der Waals surface area contributed by atoms with E-state index in [4.69, 9.17) is 9.57 Å². The van der Waals surface area contributed by atoms with E-state index in [0.29, 0.717) is 18.4 Å². The molecule has 6 heteroatoms. The molecular weight excluding hydrogens is 344 g/mol. The Balaban J connectivity index is 1.67. The molecule has 1 N–H and O–H groups in total. The van der Waals surface area contributed by atoms with Gasteiger partial charge in [-0.25, -0.2) is 0 Å². The van der Waals surface area contributed by atoms with Crippen molar-refractivity contribution in [2.24, 2.45) is 23.2 Å². The van der Waals surface area contributed by atoms with Crippen LogP contribution in [0.3, 0.4) is 0 Å². The Morgan fingerprint density at radius 3 is 2.89 bits per heavy atom. The molecule has 6 nitrogen and oxygen atoms in total. The normalized spacial score (nSPS) is 47.9. The lowest BCUT2D eigenvalue weighted by Crippen LogP contribution is -2.65. The molecule has 4 fully saturated rings. The summed E-state index contributed by atoms with van der Waals surface area (Å²) in [5, 5.41) is 12.5. The number of likely N-dealkylation sites (tertiary alicyclic amines) is 1. The summed E-state index contributed by atoms with van der Waals surface area (Å²) in [6.45, 7) is 3.45. The van der Waals surface area contributed by atoms with Gasteiger partial charge in [-0.05, 0) is 37.9 Å². The zero-order chi connectivity index (χ0) is 18.7. The number of ether oxygens (including phenoxy) is 1. The number of anilines is 1. The largest absolute Gasteiger partial charge is 0.393 e. The van der Waals surface area contributed by atoms with Gasteiger partial charge in [-0.3, -0.25) is 9.63 Å². The van der Waals surface area contributed by atoms with Crippen LogP contribution in [0.5, 0.6) is 0 Å². The molecule has 3 heterocycles. The number of fused-ring (bicyclic) bond motifs is 5. The molecule has 0 aromatic heterocycles. The van der Waals surface area contributed by atoms with E-state index in [1.54, 1.807) is 7.11 Å². The van der Waals surface area contributed by atoms with Crippen molar-refractivity contribution in [3.63, 3.8) is 0 Å². The first-order valence-corrected chi connectivity index (χ1v) is 9.97. The molecule has 27 heavy (non-hydrogen) atoms. The van der Waals surface area contributed by atoms with Gasteiger partial charge in [-0.2, -0.15) is 5.06 Å². The van der Waals surface area contributed by atoms with Gasteiger partial charge in [0, 0.05) is 29.8 Å². The van der Waals surface area contributed by atoms with Crippen LogP contribution in [0.1, 0.15) is 18.9 Å².